The first-order chi connectivity index (χ1) is 37.4. The van der Waals surface area contributed by atoms with E-state index < -0.39 is 146 Å². The summed E-state index contributed by atoms with van der Waals surface area (Å²) in [5.74, 6) is 1.83. The van der Waals surface area contributed by atoms with Crippen molar-refractivity contribution >= 4 is 151 Å². The highest BCUT2D eigenvalue weighted by atomic mass is 28.5. The molecule has 0 spiro atoms. The lowest BCUT2D eigenvalue weighted by atomic mass is 9.87. The molecule has 3 aromatic carbocycles. The highest BCUT2D eigenvalue weighted by Gasteiger charge is 2.45. The summed E-state index contributed by atoms with van der Waals surface area (Å²) in [4.78, 5) is 0. The monoisotopic (exact) mass is 1390 g/mol. The highest BCUT2D eigenvalue weighted by Crippen LogP contribution is 2.27. The molecule has 0 radical (unpaired) electrons. The van der Waals surface area contributed by atoms with Gasteiger partial charge in [0.2, 0.25) is 0 Å². The third-order valence-electron chi connectivity index (χ3n) is 11.9. The Kier molecular flexibility index (Phi) is 34.5. The fourth-order valence-electron chi connectivity index (χ4n) is 8.87. The second-order valence-corrected chi connectivity index (χ2v) is 62.6. The van der Waals surface area contributed by atoms with Gasteiger partial charge in [0, 0.05) is 5.19 Å². The average molecular weight is 1390 g/mol. The zero-order valence-electron chi connectivity index (χ0n) is 52.7. The second-order valence-electron chi connectivity index (χ2n) is 22.4. The lowest BCUT2D eigenvalue weighted by molar-refractivity contribution is 0.264. The molecule has 0 saturated carbocycles. The van der Waals surface area contributed by atoms with Gasteiger partial charge in [-0.1, -0.05) is 80.9 Å². The zero-order valence-corrected chi connectivity index (χ0v) is 70.7. The predicted molar refractivity (Wildman–Crippen MR) is 364 cm³/mol. The Morgan fingerprint density at radius 3 is 1.00 bits per heavy atom. The third kappa shape index (κ3) is 30.7. The van der Waals surface area contributed by atoms with Crippen molar-refractivity contribution in [3.63, 3.8) is 0 Å². The Balaban J connectivity index is 0.000000289. The average Bonchev–Trinajstić information content (AvgIpc) is 3.30. The van der Waals surface area contributed by atoms with Gasteiger partial charge in [-0.05, 0) is 185 Å². The minimum atomic E-state index is -2.68. The number of hydrogen-bond acceptors (Lipinski definition) is 17. The summed E-state index contributed by atoms with van der Waals surface area (Å²) in [6.07, 6.45) is 1.84. The number of rotatable bonds is 17. The maximum absolute atomic E-state index is 6.35. The van der Waals surface area contributed by atoms with E-state index in [2.05, 4.69) is 168 Å². The van der Waals surface area contributed by atoms with Crippen LogP contribution in [-0.4, -0.2) is 159 Å². The first-order valence-corrected chi connectivity index (χ1v) is 64.9. The van der Waals surface area contributed by atoms with E-state index in [9.17, 15) is 0 Å². The molecule has 6 rings (SSSR count). The Morgan fingerprint density at radius 2 is 0.713 bits per heavy atom. The third-order valence-corrected chi connectivity index (χ3v) is 62.6. The van der Waals surface area contributed by atoms with E-state index in [0.29, 0.717) is 13.2 Å². The second kappa shape index (κ2) is 37.1. The lowest BCUT2D eigenvalue weighted by Gasteiger charge is -2.37. The predicted octanol–water partition coefficient (Wildman–Crippen LogP) is 7.22. The van der Waals surface area contributed by atoms with E-state index in [4.69, 9.17) is 71.2 Å². The molecule has 0 N–H and O–H groups in total. The normalized spacial score (nSPS) is 28.9. The summed E-state index contributed by atoms with van der Waals surface area (Å²) in [6.45, 7) is 48.0. The van der Waals surface area contributed by atoms with Gasteiger partial charge >= 0.3 is 25.9 Å². The minimum absolute atomic E-state index is 0.164. The smallest absolute Gasteiger partial charge is 0.494 e. The molecule has 0 aromatic heterocycles. The fraction of sp³-hybridized carbons (Fsp3) is 0.617. The fourth-order valence-corrected chi connectivity index (χ4v) is 62.0. The van der Waals surface area contributed by atoms with Crippen molar-refractivity contribution in [1.82, 2.24) is 0 Å². The van der Waals surface area contributed by atoms with Crippen LogP contribution in [0.5, 0.6) is 11.5 Å². The largest absolute Gasteiger partial charge is 0.505 e. The Morgan fingerprint density at radius 1 is 0.425 bits per heavy atom. The van der Waals surface area contributed by atoms with E-state index >= 15 is 0 Å². The number of hydrogen-bond donors (Lipinski definition) is 0. The standard InChI is InChI=1S/C17H34O5Si4.C14H28O5Si4.C12H26O3Si4.C4H16O4Si4/c1-17(2,3)15-9-11-16(12-10-15)18-13-8-14-26(7)21-24(5)19-23(4)20-25(6)22-26;1-13-7-9-14(10-8-13)15-11-6-12-23(5)18-21(3)16-20(2)17-22(4)19-23;1-16(2)13-19(14-17(3)4,15-18(5)6)12-10-8-7-9-11-12;1-9-5-10(2)7-12(4)8-11(3)6-9/h9-12,23-25H,8,13-14H2,1-7H3;7-10,20-22H,6,11-12H2,1-5H3;7-11,16-18H,1-6H3;9-12H,1-4H3. The molecule has 0 amide bonds. The van der Waals surface area contributed by atoms with Gasteiger partial charge in [-0.2, -0.15) is 0 Å². The number of ether oxygens (including phenoxy) is 2. The van der Waals surface area contributed by atoms with Crippen LogP contribution >= 0.6 is 0 Å². The summed E-state index contributed by atoms with van der Waals surface area (Å²) in [6, 6.07) is 28.7. The van der Waals surface area contributed by atoms with Gasteiger partial charge in [-0.15, -0.1) is 0 Å². The highest BCUT2D eigenvalue weighted by molar-refractivity contribution is 6.88. The summed E-state index contributed by atoms with van der Waals surface area (Å²) < 4.78 is 102. The van der Waals surface area contributed by atoms with Crippen LogP contribution in [0, 0.1) is 6.92 Å². The molecule has 80 heavy (non-hydrogen) atoms. The molecular formula is C47H104O17Si16. The van der Waals surface area contributed by atoms with Crippen LogP contribution in [-0.2, 0) is 67.1 Å². The molecule has 3 aliphatic heterocycles. The van der Waals surface area contributed by atoms with Crippen LogP contribution in [0.25, 0.3) is 0 Å². The van der Waals surface area contributed by atoms with Crippen molar-refractivity contribution in [3.8, 4) is 11.5 Å². The molecule has 3 aromatic rings. The van der Waals surface area contributed by atoms with Crippen LogP contribution in [0.3, 0.4) is 0 Å². The summed E-state index contributed by atoms with van der Waals surface area (Å²) in [5, 5.41) is 1.12. The molecule has 3 saturated heterocycles. The van der Waals surface area contributed by atoms with Gasteiger partial charge in [-0.3, -0.25) is 0 Å². The lowest BCUT2D eigenvalue weighted by Crippen LogP contribution is -2.61. The molecule has 3 aliphatic rings. The van der Waals surface area contributed by atoms with Gasteiger partial charge < -0.3 is 71.2 Å². The van der Waals surface area contributed by atoms with Crippen molar-refractivity contribution in [3.05, 3.63) is 90.0 Å². The summed E-state index contributed by atoms with van der Waals surface area (Å²) >= 11 is 0. The number of benzene rings is 3. The SMILES string of the molecule is C[SiH](C)O[Si](O[SiH](C)C)(O[SiH](C)C)c1ccccc1.C[SiH]1O[SiH](C)O[SiH](C)O[SiH](C)O1.C[SiH]1O[SiH](C)O[Si](C)(CCCOc2ccc(C(C)(C)C)cc2)O[SiH](C)O1.Cc1ccc(OCCC[Si]2(C)O[SiH](C)O[SiH](C)O[SiH](C)O2)cc1. The molecule has 17 nitrogen and oxygen atoms in total. The van der Waals surface area contributed by atoms with Crippen molar-refractivity contribution < 1.29 is 71.2 Å². The topological polar surface area (TPSA) is 157 Å². The number of aryl methyl sites for hydroxylation is 1. The first kappa shape index (κ1) is 74.4. The molecule has 0 aliphatic carbocycles. The zero-order chi connectivity index (χ0) is 59.8. The van der Waals surface area contributed by atoms with Gasteiger partial charge in [-0.25, -0.2) is 0 Å². The van der Waals surface area contributed by atoms with Crippen molar-refractivity contribution in [2.24, 2.45) is 0 Å². The Hall–Kier alpha value is 0.130. The summed E-state index contributed by atoms with van der Waals surface area (Å²) in [7, 11) is -26.2. The van der Waals surface area contributed by atoms with E-state index in [1.165, 1.54) is 11.1 Å². The molecule has 3 heterocycles. The van der Waals surface area contributed by atoms with Gasteiger partial charge in [0.25, 0.3) is 92.8 Å². The molecule has 0 bridgehead atoms. The van der Waals surface area contributed by atoms with Gasteiger partial charge in [0.15, 0.2) is 27.1 Å². The van der Waals surface area contributed by atoms with Crippen LogP contribution < -0.4 is 14.7 Å². The Labute approximate surface area is 509 Å². The first-order valence-electron chi connectivity index (χ1n) is 28.8. The maximum Gasteiger partial charge on any atom is 0.505 e. The Bertz CT molecular complexity index is 2040. The van der Waals surface area contributed by atoms with Gasteiger partial charge in [0.05, 0.1) is 13.2 Å². The van der Waals surface area contributed by atoms with Crippen LogP contribution in [0.15, 0.2) is 78.9 Å². The molecular weight excluding hydrogens is 1290 g/mol. The van der Waals surface area contributed by atoms with E-state index in [1.54, 1.807) is 0 Å². The van der Waals surface area contributed by atoms with E-state index in [0.717, 1.165) is 41.6 Å². The van der Waals surface area contributed by atoms with Crippen molar-refractivity contribution in [1.29, 1.82) is 0 Å². The molecule has 4 atom stereocenters. The van der Waals surface area contributed by atoms with Gasteiger partial charge in [0.1, 0.15) is 11.5 Å². The van der Waals surface area contributed by atoms with Crippen molar-refractivity contribution in [2.75, 3.05) is 13.2 Å². The van der Waals surface area contributed by atoms with Crippen LogP contribution in [0.4, 0.5) is 0 Å². The molecule has 458 valence electrons. The summed E-state index contributed by atoms with van der Waals surface area (Å²) in [5.41, 5.74) is 2.72. The molecule has 3 fully saturated rings. The van der Waals surface area contributed by atoms with Crippen LogP contribution in [0.2, 0.25) is 130 Å². The van der Waals surface area contributed by atoms with E-state index in [1.807, 2.05) is 56.5 Å². The van der Waals surface area contributed by atoms with Crippen LogP contribution in [0.1, 0.15) is 44.7 Å². The van der Waals surface area contributed by atoms with E-state index in [-0.39, 0.29) is 5.41 Å². The molecule has 4 unspecified atom stereocenters. The molecule has 33 heteroatoms. The van der Waals surface area contributed by atoms with Crippen molar-refractivity contribution in [2.45, 2.75) is 176 Å². The maximum atomic E-state index is 6.35. The minimum Gasteiger partial charge on any atom is -0.494 e. The quantitative estimate of drug-likeness (QED) is 0.0985.